The number of hydrogen-bond acceptors (Lipinski definition) is 2. The van der Waals surface area contributed by atoms with Gasteiger partial charge in [0, 0.05) is 10.0 Å². The fourth-order valence-electron chi connectivity index (χ4n) is 1.56. The van der Waals surface area contributed by atoms with Gasteiger partial charge in [-0.3, -0.25) is 0 Å². The molecule has 2 nitrogen and oxygen atoms in total. The van der Waals surface area contributed by atoms with Gasteiger partial charge in [-0.1, -0.05) is 33.6 Å². The molecule has 0 heterocycles. The number of benzene rings is 2. The third-order valence-corrected chi connectivity index (χ3v) is 2.96. The van der Waals surface area contributed by atoms with E-state index in [1.807, 2.05) is 49.4 Å². The normalized spacial score (nSPS) is 10.3. The predicted molar refractivity (Wildman–Crippen MR) is 71.3 cm³/mol. The van der Waals surface area contributed by atoms with Gasteiger partial charge in [-0.25, -0.2) is 0 Å². The molecule has 0 amide bonds. The molecule has 0 aliphatic rings. The number of aliphatic hydroxyl groups excluding tert-OH is 1. The van der Waals surface area contributed by atoms with Gasteiger partial charge in [-0.05, 0) is 37.3 Å². The van der Waals surface area contributed by atoms with Crippen molar-refractivity contribution in [1.82, 2.24) is 0 Å². The van der Waals surface area contributed by atoms with E-state index in [-0.39, 0.29) is 6.61 Å². The molecule has 0 spiro atoms. The Hall–Kier alpha value is -1.32. The first-order valence-electron chi connectivity index (χ1n) is 5.33. The van der Waals surface area contributed by atoms with Crippen molar-refractivity contribution in [2.45, 2.75) is 13.5 Å². The van der Waals surface area contributed by atoms with Gasteiger partial charge in [0.15, 0.2) is 0 Å². The fraction of sp³-hybridized carbons (Fsp3) is 0.143. The largest absolute Gasteiger partial charge is 0.457 e. The maximum Gasteiger partial charge on any atom is 0.132 e. The van der Waals surface area contributed by atoms with Crippen molar-refractivity contribution in [3.8, 4) is 11.5 Å². The van der Waals surface area contributed by atoms with Gasteiger partial charge in [0.05, 0.1) is 6.61 Å². The summed E-state index contributed by atoms with van der Waals surface area (Å²) in [6.07, 6.45) is 0. The Morgan fingerprint density at radius 3 is 2.47 bits per heavy atom. The molecule has 0 saturated heterocycles. The SMILES string of the molecule is Cc1ccc(Oc2ccc(Br)cc2)c(CO)c1. The molecule has 0 atom stereocenters. The Balaban J connectivity index is 2.26. The topological polar surface area (TPSA) is 29.5 Å². The Labute approximate surface area is 109 Å². The lowest BCUT2D eigenvalue weighted by Crippen LogP contribution is -1.92. The van der Waals surface area contributed by atoms with E-state index in [1.165, 1.54) is 0 Å². The van der Waals surface area contributed by atoms with Crippen molar-refractivity contribution < 1.29 is 9.84 Å². The second kappa shape index (κ2) is 5.34. The molecule has 1 N–H and O–H groups in total. The molecule has 0 aromatic heterocycles. The minimum atomic E-state index is -0.0203. The third kappa shape index (κ3) is 3.08. The number of hydrogen-bond donors (Lipinski definition) is 1. The van der Waals surface area contributed by atoms with Gasteiger partial charge in [-0.15, -0.1) is 0 Å². The molecule has 17 heavy (non-hydrogen) atoms. The van der Waals surface area contributed by atoms with Crippen LogP contribution in [0.3, 0.4) is 0 Å². The number of ether oxygens (including phenoxy) is 1. The van der Waals surface area contributed by atoms with Crippen molar-refractivity contribution in [2.24, 2.45) is 0 Å². The van der Waals surface area contributed by atoms with Crippen LogP contribution in [0.1, 0.15) is 11.1 Å². The van der Waals surface area contributed by atoms with Crippen LogP contribution in [0.4, 0.5) is 0 Å². The standard InChI is InChI=1S/C14H13BrO2/c1-10-2-7-14(11(8-10)9-16)17-13-5-3-12(15)4-6-13/h2-8,16H,9H2,1H3. The second-order valence-electron chi connectivity index (χ2n) is 3.83. The van der Waals surface area contributed by atoms with Crippen molar-refractivity contribution in [1.29, 1.82) is 0 Å². The van der Waals surface area contributed by atoms with E-state index in [4.69, 9.17) is 4.74 Å². The van der Waals surface area contributed by atoms with Crippen LogP contribution < -0.4 is 4.74 Å². The Kier molecular flexibility index (Phi) is 3.82. The first-order chi connectivity index (χ1) is 8.19. The van der Waals surface area contributed by atoms with Crippen LogP contribution in [0.2, 0.25) is 0 Å². The molecule has 0 fully saturated rings. The van der Waals surface area contributed by atoms with Gasteiger partial charge in [0.1, 0.15) is 11.5 Å². The van der Waals surface area contributed by atoms with E-state index in [0.717, 1.165) is 21.3 Å². The molecular formula is C14H13BrO2. The van der Waals surface area contributed by atoms with Gasteiger partial charge < -0.3 is 9.84 Å². The van der Waals surface area contributed by atoms with E-state index in [9.17, 15) is 5.11 Å². The van der Waals surface area contributed by atoms with E-state index in [2.05, 4.69) is 15.9 Å². The smallest absolute Gasteiger partial charge is 0.132 e. The maximum absolute atomic E-state index is 9.28. The molecule has 2 aromatic rings. The van der Waals surface area contributed by atoms with E-state index >= 15 is 0 Å². The summed E-state index contributed by atoms with van der Waals surface area (Å²) in [4.78, 5) is 0. The lowest BCUT2D eigenvalue weighted by molar-refractivity contribution is 0.276. The number of aliphatic hydroxyl groups is 1. The van der Waals surface area contributed by atoms with Crippen molar-refractivity contribution in [3.05, 3.63) is 58.1 Å². The van der Waals surface area contributed by atoms with Crippen LogP contribution in [0.25, 0.3) is 0 Å². The van der Waals surface area contributed by atoms with Crippen molar-refractivity contribution in [3.63, 3.8) is 0 Å². The first kappa shape index (κ1) is 12.1. The van der Waals surface area contributed by atoms with Crippen LogP contribution in [0, 0.1) is 6.92 Å². The van der Waals surface area contributed by atoms with Crippen molar-refractivity contribution in [2.75, 3.05) is 0 Å². The molecule has 0 radical (unpaired) electrons. The average molecular weight is 293 g/mol. The number of halogens is 1. The van der Waals surface area contributed by atoms with Crippen LogP contribution >= 0.6 is 15.9 Å². The average Bonchev–Trinajstić information content (AvgIpc) is 2.34. The zero-order valence-electron chi connectivity index (χ0n) is 9.48. The molecule has 2 aromatic carbocycles. The zero-order chi connectivity index (χ0) is 12.3. The highest BCUT2D eigenvalue weighted by Crippen LogP contribution is 2.27. The molecular weight excluding hydrogens is 280 g/mol. The summed E-state index contributed by atoms with van der Waals surface area (Å²) in [5, 5.41) is 9.28. The monoisotopic (exact) mass is 292 g/mol. The van der Waals surface area contributed by atoms with Crippen molar-refractivity contribution >= 4 is 15.9 Å². The van der Waals surface area contributed by atoms with Crippen LogP contribution in [0.15, 0.2) is 46.9 Å². The number of aryl methyl sites for hydroxylation is 1. The molecule has 0 aliphatic carbocycles. The minimum absolute atomic E-state index is 0.0203. The van der Waals surface area contributed by atoms with E-state index in [0.29, 0.717) is 5.75 Å². The van der Waals surface area contributed by atoms with Gasteiger partial charge in [0.2, 0.25) is 0 Å². The summed E-state index contributed by atoms with van der Waals surface area (Å²) in [6.45, 7) is 1.97. The summed E-state index contributed by atoms with van der Waals surface area (Å²) in [7, 11) is 0. The van der Waals surface area contributed by atoms with E-state index in [1.54, 1.807) is 0 Å². The molecule has 0 aliphatic heterocycles. The van der Waals surface area contributed by atoms with Crippen LogP contribution in [0.5, 0.6) is 11.5 Å². The second-order valence-corrected chi connectivity index (χ2v) is 4.74. The zero-order valence-corrected chi connectivity index (χ0v) is 11.1. The summed E-state index contributed by atoms with van der Waals surface area (Å²) in [6, 6.07) is 13.4. The highest BCUT2D eigenvalue weighted by molar-refractivity contribution is 9.10. The summed E-state index contributed by atoms with van der Waals surface area (Å²) >= 11 is 3.37. The van der Waals surface area contributed by atoms with E-state index < -0.39 is 0 Å². The molecule has 0 saturated carbocycles. The van der Waals surface area contributed by atoms with Crippen LogP contribution in [-0.2, 0) is 6.61 Å². The lowest BCUT2D eigenvalue weighted by Gasteiger charge is -2.10. The highest BCUT2D eigenvalue weighted by Gasteiger charge is 2.04. The van der Waals surface area contributed by atoms with Gasteiger partial charge >= 0.3 is 0 Å². The molecule has 3 heteroatoms. The first-order valence-corrected chi connectivity index (χ1v) is 6.12. The Morgan fingerprint density at radius 2 is 1.82 bits per heavy atom. The Bertz CT molecular complexity index is 506. The fourth-order valence-corrected chi connectivity index (χ4v) is 1.83. The molecule has 2 rings (SSSR count). The highest BCUT2D eigenvalue weighted by atomic mass is 79.9. The summed E-state index contributed by atoms with van der Waals surface area (Å²) in [5.74, 6) is 1.45. The third-order valence-electron chi connectivity index (χ3n) is 2.43. The quantitative estimate of drug-likeness (QED) is 0.925. The Morgan fingerprint density at radius 1 is 1.12 bits per heavy atom. The van der Waals surface area contributed by atoms with Gasteiger partial charge in [-0.2, -0.15) is 0 Å². The minimum Gasteiger partial charge on any atom is -0.457 e. The predicted octanol–water partition coefficient (Wildman–Crippen LogP) is 4.04. The lowest BCUT2D eigenvalue weighted by atomic mass is 10.1. The molecule has 88 valence electrons. The summed E-state index contributed by atoms with van der Waals surface area (Å²) in [5.41, 5.74) is 1.91. The number of rotatable bonds is 3. The molecule has 0 unspecified atom stereocenters. The summed E-state index contributed by atoms with van der Waals surface area (Å²) < 4.78 is 6.74. The maximum atomic E-state index is 9.28. The van der Waals surface area contributed by atoms with Gasteiger partial charge in [0.25, 0.3) is 0 Å². The van der Waals surface area contributed by atoms with Crippen LogP contribution in [-0.4, -0.2) is 5.11 Å². The molecule has 0 bridgehead atoms.